The number of alkyl halides is 2. The minimum atomic E-state index is -3.34. The molecule has 0 atom stereocenters. The summed E-state index contributed by atoms with van der Waals surface area (Å²) in [5.74, 6) is -4.12. The number of carbonyl (C=O) groups is 1. The predicted octanol–water partition coefficient (Wildman–Crippen LogP) is 1.29. The van der Waals surface area contributed by atoms with Gasteiger partial charge >= 0.3 is 0 Å². The Morgan fingerprint density at radius 3 is 2.80 bits per heavy atom. The molecule has 0 spiro atoms. The van der Waals surface area contributed by atoms with Crippen LogP contribution in [0, 0.1) is 0 Å². The molecule has 2 N–H and O–H groups in total. The third-order valence-electron chi connectivity index (χ3n) is 1.60. The molecule has 0 bridgehead atoms. The van der Waals surface area contributed by atoms with Gasteiger partial charge in [0, 0.05) is 0 Å². The van der Waals surface area contributed by atoms with E-state index in [-0.39, 0.29) is 10.8 Å². The lowest BCUT2D eigenvalue weighted by atomic mass is 10.3. The maximum atomic E-state index is 12.5. The topological polar surface area (TPSA) is 62.5 Å². The average Bonchev–Trinajstić information content (AvgIpc) is 2.61. The molecule has 0 saturated carbocycles. The third kappa shape index (κ3) is 3.17. The zero-order valence-corrected chi connectivity index (χ0v) is 8.22. The highest BCUT2D eigenvalue weighted by Gasteiger charge is 2.28. The van der Waals surface area contributed by atoms with Gasteiger partial charge in [-0.1, -0.05) is 0 Å². The molecule has 1 aromatic heterocycles. The summed E-state index contributed by atoms with van der Waals surface area (Å²) >= 11 is 5.45. The fourth-order valence-corrected chi connectivity index (χ4v) is 1.02. The normalized spacial score (nSPS) is 11.5. The molecule has 0 fully saturated rings. The number of halogens is 3. The third-order valence-corrected chi connectivity index (χ3v) is 1.89. The van der Waals surface area contributed by atoms with Crippen LogP contribution in [0.15, 0.2) is 16.7 Å². The summed E-state index contributed by atoms with van der Waals surface area (Å²) in [6, 6.07) is 1.26. The molecule has 1 rings (SSSR count). The molecule has 0 aliphatic rings. The molecule has 0 radical (unpaired) electrons. The van der Waals surface area contributed by atoms with Gasteiger partial charge in [-0.3, -0.25) is 4.79 Å². The second kappa shape index (κ2) is 4.59. The van der Waals surface area contributed by atoms with Gasteiger partial charge in [-0.15, -0.1) is 0 Å². The fourth-order valence-electron chi connectivity index (χ4n) is 0.816. The first-order valence-corrected chi connectivity index (χ1v) is 4.34. The van der Waals surface area contributed by atoms with E-state index in [1.54, 1.807) is 0 Å². The summed E-state index contributed by atoms with van der Waals surface area (Å²) in [6.07, 6.45) is 1.17. The highest BCUT2D eigenvalue weighted by molar-refractivity contribution is 6.32. The second-order valence-electron chi connectivity index (χ2n) is 2.80. The molecule has 0 saturated heterocycles. The van der Waals surface area contributed by atoms with E-state index in [2.05, 4.69) is 4.42 Å². The van der Waals surface area contributed by atoms with Crippen molar-refractivity contribution in [1.82, 2.24) is 5.32 Å². The summed E-state index contributed by atoms with van der Waals surface area (Å²) in [5, 5.41) is 10.0. The molecule has 0 unspecified atom stereocenters. The number of hydrogen-bond acceptors (Lipinski definition) is 3. The maximum absolute atomic E-state index is 12.5. The van der Waals surface area contributed by atoms with Crippen LogP contribution >= 0.6 is 11.6 Å². The van der Waals surface area contributed by atoms with Gasteiger partial charge in [0.2, 0.25) is 5.22 Å². The number of furan rings is 1. The van der Waals surface area contributed by atoms with E-state index in [1.807, 2.05) is 5.32 Å². The number of carbonyl (C=O) groups excluding carboxylic acids is 1. The van der Waals surface area contributed by atoms with Crippen LogP contribution in [0.4, 0.5) is 8.78 Å². The first-order chi connectivity index (χ1) is 6.96. The molecule has 15 heavy (non-hydrogen) atoms. The largest absolute Gasteiger partial charge is 0.452 e. The summed E-state index contributed by atoms with van der Waals surface area (Å²) in [4.78, 5) is 11.2. The Morgan fingerprint density at radius 1 is 1.67 bits per heavy atom. The Bertz CT molecular complexity index is 353. The highest BCUT2D eigenvalue weighted by atomic mass is 35.5. The van der Waals surface area contributed by atoms with E-state index in [0.29, 0.717) is 0 Å². The van der Waals surface area contributed by atoms with Crippen molar-refractivity contribution in [3.63, 3.8) is 0 Å². The van der Waals surface area contributed by atoms with Gasteiger partial charge in [-0.25, -0.2) is 8.78 Å². The molecule has 0 aliphatic heterocycles. The van der Waals surface area contributed by atoms with Crippen LogP contribution in [0.2, 0.25) is 5.22 Å². The Kier molecular flexibility index (Phi) is 3.65. The monoisotopic (exact) mass is 239 g/mol. The number of aliphatic hydroxyl groups excluding tert-OH is 1. The molecule has 1 amide bonds. The van der Waals surface area contributed by atoms with E-state index in [4.69, 9.17) is 16.7 Å². The van der Waals surface area contributed by atoms with Crippen LogP contribution in [0.5, 0.6) is 0 Å². The number of rotatable bonds is 4. The number of aliphatic hydroxyl groups is 1. The molecule has 84 valence electrons. The van der Waals surface area contributed by atoms with Gasteiger partial charge in [-0.05, 0) is 17.7 Å². The summed E-state index contributed by atoms with van der Waals surface area (Å²) in [5.41, 5.74) is -0.0228. The van der Waals surface area contributed by atoms with Crippen molar-refractivity contribution in [2.75, 3.05) is 13.2 Å². The molecule has 4 nitrogen and oxygen atoms in total. The van der Waals surface area contributed by atoms with Crippen molar-refractivity contribution in [2.45, 2.75) is 5.92 Å². The minimum Gasteiger partial charge on any atom is -0.452 e. The van der Waals surface area contributed by atoms with Gasteiger partial charge < -0.3 is 14.8 Å². The number of nitrogens with one attached hydrogen (secondary N) is 1. The summed E-state index contributed by atoms with van der Waals surface area (Å²) < 4.78 is 29.7. The average molecular weight is 240 g/mol. The van der Waals surface area contributed by atoms with Gasteiger partial charge in [0.25, 0.3) is 11.8 Å². The lowest BCUT2D eigenvalue weighted by molar-refractivity contribution is -0.0462. The van der Waals surface area contributed by atoms with Crippen molar-refractivity contribution in [3.05, 3.63) is 23.1 Å². The van der Waals surface area contributed by atoms with Crippen LogP contribution in [-0.2, 0) is 0 Å². The number of hydrogen-bond donors (Lipinski definition) is 2. The Morgan fingerprint density at radius 2 is 2.33 bits per heavy atom. The molecule has 1 aromatic rings. The predicted molar refractivity (Wildman–Crippen MR) is 48.1 cm³/mol. The zero-order chi connectivity index (χ0) is 11.5. The van der Waals surface area contributed by atoms with E-state index in [0.717, 1.165) is 0 Å². The molecular weight excluding hydrogens is 232 g/mol. The van der Waals surface area contributed by atoms with E-state index in [1.165, 1.54) is 12.3 Å². The quantitative estimate of drug-likeness (QED) is 0.832. The van der Waals surface area contributed by atoms with Crippen LogP contribution in [0.3, 0.4) is 0 Å². The van der Waals surface area contributed by atoms with Crippen molar-refractivity contribution in [2.24, 2.45) is 0 Å². The maximum Gasteiger partial charge on any atom is 0.287 e. The van der Waals surface area contributed by atoms with Crippen LogP contribution in [-0.4, -0.2) is 30.1 Å². The Labute approximate surface area is 88.8 Å². The van der Waals surface area contributed by atoms with Crippen molar-refractivity contribution < 1.29 is 23.1 Å². The lowest BCUT2D eigenvalue weighted by Gasteiger charge is -2.13. The Hall–Kier alpha value is -1.14. The standard InChI is InChI=1S/C8H8ClF2NO3/c9-6-5(1-2-15-6)7(14)12-3-8(10,11)4-13/h1-2,13H,3-4H2,(H,12,14). The second-order valence-corrected chi connectivity index (χ2v) is 3.15. The van der Waals surface area contributed by atoms with Crippen LogP contribution < -0.4 is 5.32 Å². The molecule has 0 aromatic carbocycles. The van der Waals surface area contributed by atoms with E-state index in [9.17, 15) is 13.6 Å². The van der Waals surface area contributed by atoms with Crippen LogP contribution in [0.25, 0.3) is 0 Å². The van der Waals surface area contributed by atoms with Gasteiger partial charge in [-0.2, -0.15) is 0 Å². The summed E-state index contributed by atoms with van der Waals surface area (Å²) in [7, 11) is 0. The highest BCUT2D eigenvalue weighted by Crippen LogP contribution is 2.17. The fraction of sp³-hybridized carbons (Fsp3) is 0.375. The van der Waals surface area contributed by atoms with E-state index < -0.39 is 25.0 Å². The summed E-state index contributed by atoms with van der Waals surface area (Å²) in [6.45, 7) is -2.28. The van der Waals surface area contributed by atoms with E-state index >= 15 is 0 Å². The zero-order valence-electron chi connectivity index (χ0n) is 7.47. The first kappa shape index (κ1) is 11.9. The molecule has 1 heterocycles. The molecule has 0 aliphatic carbocycles. The van der Waals surface area contributed by atoms with Gasteiger partial charge in [0.05, 0.1) is 18.4 Å². The lowest BCUT2D eigenvalue weighted by Crippen LogP contribution is -2.38. The van der Waals surface area contributed by atoms with Crippen molar-refractivity contribution >= 4 is 17.5 Å². The van der Waals surface area contributed by atoms with Gasteiger partial charge in [0.1, 0.15) is 6.61 Å². The number of amides is 1. The van der Waals surface area contributed by atoms with Crippen LogP contribution in [0.1, 0.15) is 10.4 Å². The first-order valence-electron chi connectivity index (χ1n) is 3.96. The SMILES string of the molecule is O=C(NCC(F)(F)CO)c1ccoc1Cl. The Balaban J connectivity index is 2.55. The van der Waals surface area contributed by atoms with Crippen molar-refractivity contribution in [3.8, 4) is 0 Å². The van der Waals surface area contributed by atoms with Gasteiger partial charge in [0.15, 0.2) is 0 Å². The molecule has 7 heteroatoms. The van der Waals surface area contributed by atoms with Crippen molar-refractivity contribution in [1.29, 1.82) is 0 Å². The molecular formula is C8H8ClF2NO3. The minimum absolute atomic E-state index is 0.0228. The smallest absolute Gasteiger partial charge is 0.287 e.